The molecule has 0 aromatic rings. The van der Waals surface area contributed by atoms with Crippen LogP contribution in [0.2, 0.25) is 0 Å². The SMILES string of the molecule is CCOCCNC(=NC)N1CC(C)C(C(=O)OC)C1. The van der Waals surface area contributed by atoms with Gasteiger partial charge in [0.1, 0.15) is 0 Å². The van der Waals surface area contributed by atoms with Gasteiger partial charge in [-0.05, 0) is 12.8 Å². The van der Waals surface area contributed by atoms with Gasteiger partial charge in [0.15, 0.2) is 5.96 Å². The quantitative estimate of drug-likeness (QED) is 0.338. The van der Waals surface area contributed by atoms with Crippen LogP contribution in [0.5, 0.6) is 0 Å². The molecule has 0 aliphatic carbocycles. The van der Waals surface area contributed by atoms with Crippen molar-refractivity contribution in [3.05, 3.63) is 0 Å². The number of hydrogen-bond donors (Lipinski definition) is 1. The molecule has 1 heterocycles. The molecular weight excluding hydrogens is 246 g/mol. The molecule has 0 spiro atoms. The number of ether oxygens (including phenoxy) is 2. The molecule has 0 amide bonds. The summed E-state index contributed by atoms with van der Waals surface area (Å²) in [6.45, 7) is 7.59. The number of rotatable bonds is 5. The van der Waals surface area contributed by atoms with E-state index in [0.29, 0.717) is 26.3 Å². The minimum atomic E-state index is -0.139. The van der Waals surface area contributed by atoms with E-state index >= 15 is 0 Å². The molecule has 0 aromatic carbocycles. The molecule has 0 bridgehead atoms. The van der Waals surface area contributed by atoms with Gasteiger partial charge in [-0.1, -0.05) is 6.92 Å². The Morgan fingerprint density at radius 2 is 2.21 bits per heavy atom. The largest absolute Gasteiger partial charge is 0.469 e. The molecule has 110 valence electrons. The maximum atomic E-state index is 11.7. The van der Waals surface area contributed by atoms with Crippen LogP contribution in [0.1, 0.15) is 13.8 Å². The van der Waals surface area contributed by atoms with Crippen molar-refractivity contribution in [3.8, 4) is 0 Å². The second-order valence-corrected chi connectivity index (χ2v) is 4.68. The van der Waals surface area contributed by atoms with Gasteiger partial charge in [-0.25, -0.2) is 0 Å². The number of aliphatic imine (C=N–C) groups is 1. The number of hydrogen-bond acceptors (Lipinski definition) is 4. The minimum Gasteiger partial charge on any atom is -0.469 e. The van der Waals surface area contributed by atoms with Crippen molar-refractivity contribution >= 4 is 11.9 Å². The molecule has 6 heteroatoms. The van der Waals surface area contributed by atoms with Gasteiger partial charge in [0.25, 0.3) is 0 Å². The minimum absolute atomic E-state index is 0.0737. The van der Waals surface area contributed by atoms with Crippen molar-refractivity contribution in [3.63, 3.8) is 0 Å². The second kappa shape index (κ2) is 7.99. The van der Waals surface area contributed by atoms with Gasteiger partial charge in [0.05, 0.1) is 19.6 Å². The van der Waals surface area contributed by atoms with Crippen molar-refractivity contribution in [2.75, 3.05) is 47.0 Å². The lowest BCUT2D eigenvalue weighted by molar-refractivity contribution is -0.145. The van der Waals surface area contributed by atoms with Crippen LogP contribution < -0.4 is 5.32 Å². The van der Waals surface area contributed by atoms with E-state index in [0.717, 1.165) is 12.5 Å². The van der Waals surface area contributed by atoms with Crippen LogP contribution in [0, 0.1) is 11.8 Å². The Morgan fingerprint density at radius 3 is 2.79 bits per heavy atom. The number of esters is 1. The van der Waals surface area contributed by atoms with Crippen LogP contribution in [0.15, 0.2) is 4.99 Å². The molecule has 2 atom stereocenters. The van der Waals surface area contributed by atoms with Crippen molar-refractivity contribution < 1.29 is 14.3 Å². The first-order chi connectivity index (χ1) is 9.13. The Bertz CT molecular complexity index is 320. The average molecular weight is 271 g/mol. The van der Waals surface area contributed by atoms with Crippen molar-refractivity contribution in [2.24, 2.45) is 16.8 Å². The molecule has 1 aliphatic heterocycles. The summed E-state index contributed by atoms with van der Waals surface area (Å²) in [4.78, 5) is 18.0. The van der Waals surface area contributed by atoms with E-state index in [4.69, 9.17) is 9.47 Å². The van der Waals surface area contributed by atoms with E-state index in [1.165, 1.54) is 7.11 Å². The van der Waals surface area contributed by atoms with Gasteiger partial charge in [-0.2, -0.15) is 0 Å². The smallest absolute Gasteiger partial charge is 0.310 e. The first-order valence-electron chi connectivity index (χ1n) is 6.75. The van der Waals surface area contributed by atoms with E-state index in [-0.39, 0.29) is 17.8 Å². The molecule has 0 aromatic heterocycles. The maximum Gasteiger partial charge on any atom is 0.310 e. The van der Waals surface area contributed by atoms with Gasteiger partial charge in [0.2, 0.25) is 0 Å². The van der Waals surface area contributed by atoms with Crippen molar-refractivity contribution in [1.29, 1.82) is 0 Å². The molecule has 19 heavy (non-hydrogen) atoms. The number of carbonyl (C=O) groups excluding carboxylic acids is 1. The van der Waals surface area contributed by atoms with Crippen molar-refractivity contribution in [2.45, 2.75) is 13.8 Å². The third kappa shape index (κ3) is 4.38. The first kappa shape index (κ1) is 15.8. The number of nitrogens with one attached hydrogen (secondary N) is 1. The average Bonchev–Trinajstić information content (AvgIpc) is 2.80. The molecular formula is C13H25N3O3. The standard InChI is InChI=1S/C13H25N3O3/c1-5-19-7-6-15-13(14-3)16-8-10(2)11(9-16)12(17)18-4/h10-11H,5-9H2,1-4H3,(H,14,15). The summed E-state index contributed by atoms with van der Waals surface area (Å²) in [6.07, 6.45) is 0. The Labute approximate surface area is 115 Å². The van der Waals surface area contributed by atoms with Crippen LogP contribution in [0.4, 0.5) is 0 Å². The van der Waals surface area contributed by atoms with Crippen LogP contribution in [0.25, 0.3) is 0 Å². The monoisotopic (exact) mass is 271 g/mol. The third-order valence-electron chi connectivity index (χ3n) is 3.36. The van der Waals surface area contributed by atoms with Gasteiger partial charge in [0, 0.05) is 33.3 Å². The topological polar surface area (TPSA) is 63.2 Å². The fourth-order valence-electron chi connectivity index (χ4n) is 2.31. The lowest BCUT2D eigenvalue weighted by Crippen LogP contribution is -2.41. The number of nitrogens with zero attached hydrogens (tertiary/aromatic N) is 2. The third-order valence-corrected chi connectivity index (χ3v) is 3.36. The molecule has 6 nitrogen and oxygen atoms in total. The fraction of sp³-hybridized carbons (Fsp3) is 0.846. The summed E-state index contributed by atoms with van der Waals surface area (Å²) in [5, 5.41) is 3.24. The van der Waals surface area contributed by atoms with Gasteiger partial charge >= 0.3 is 5.97 Å². The highest BCUT2D eigenvalue weighted by Crippen LogP contribution is 2.23. The highest BCUT2D eigenvalue weighted by molar-refractivity contribution is 5.82. The summed E-state index contributed by atoms with van der Waals surface area (Å²) in [5.41, 5.74) is 0. The predicted octanol–water partition coefficient (Wildman–Crippen LogP) is 0.339. The molecule has 0 saturated carbocycles. The highest BCUT2D eigenvalue weighted by Gasteiger charge is 2.36. The lowest BCUT2D eigenvalue weighted by Gasteiger charge is -2.21. The predicted molar refractivity (Wildman–Crippen MR) is 74.1 cm³/mol. The molecule has 1 aliphatic rings. The summed E-state index contributed by atoms with van der Waals surface area (Å²) in [6, 6.07) is 0. The summed E-state index contributed by atoms with van der Waals surface area (Å²) in [7, 11) is 3.19. The molecule has 0 radical (unpaired) electrons. The van der Waals surface area contributed by atoms with Crippen LogP contribution in [0.3, 0.4) is 0 Å². The van der Waals surface area contributed by atoms with Crippen LogP contribution in [-0.4, -0.2) is 63.8 Å². The summed E-state index contributed by atoms with van der Waals surface area (Å²) >= 11 is 0. The Kier molecular flexibility index (Phi) is 6.62. The van der Waals surface area contributed by atoms with Gasteiger partial charge < -0.3 is 19.7 Å². The van der Waals surface area contributed by atoms with E-state index in [1.807, 2.05) is 6.92 Å². The lowest BCUT2D eigenvalue weighted by atomic mass is 9.99. The van der Waals surface area contributed by atoms with Crippen LogP contribution >= 0.6 is 0 Å². The fourth-order valence-corrected chi connectivity index (χ4v) is 2.31. The zero-order valence-electron chi connectivity index (χ0n) is 12.3. The normalized spacial score (nSPS) is 23.6. The van der Waals surface area contributed by atoms with E-state index in [2.05, 4.69) is 22.1 Å². The summed E-state index contributed by atoms with van der Waals surface area (Å²) < 4.78 is 10.1. The number of carbonyl (C=O) groups is 1. The van der Waals surface area contributed by atoms with E-state index < -0.39 is 0 Å². The Balaban J connectivity index is 2.48. The molecule has 1 rings (SSSR count). The maximum absolute atomic E-state index is 11.7. The number of methoxy groups -OCH3 is 1. The zero-order valence-corrected chi connectivity index (χ0v) is 12.3. The Morgan fingerprint density at radius 1 is 1.47 bits per heavy atom. The molecule has 1 N–H and O–H groups in total. The summed E-state index contributed by atoms with van der Waals surface area (Å²) in [5.74, 6) is 0.881. The van der Waals surface area contributed by atoms with E-state index in [9.17, 15) is 4.79 Å². The first-order valence-corrected chi connectivity index (χ1v) is 6.75. The number of guanidine groups is 1. The molecule has 1 saturated heterocycles. The number of likely N-dealkylation sites (tertiary alicyclic amines) is 1. The van der Waals surface area contributed by atoms with Crippen molar-refractivity contribution in [1.82, 2.24) is 10.2 Å². The Hall–Kier alpha value is -1.30. The highest BCUT2D eigenvalue weighted by atomic mass is 16.5. The zero-order chi connectivity index (χ0) is 14.3. The molecule has 1 fully saturated rings. The molecule has 2 unspecified atom stereocenters. The second-order valence-electron chi connectivity index (χ2n) is 4.68. The van der Waals surface area contributed by atoms with Gasteiger partial charge in [-0.3, -0.25) is 9.79 Å². The van der Waals surface area contributed by atoms with E-state index in [1.54, 1.807) is 7.05 Å². The van der Waals surface area contributed by atoms with Gasteiger partial charge in [-0.15, -0.1) is 0 Å². The van der Waals surface area contributed by atoms with Crippen LogP contribution in [-0.2, 0) is 14.3 Å².